The second kappa shape index (κ2) is 8.85. The number of fused-ring (bicyclic) bond motifs is 1. The molecule has 2 aromatic carbocycles. The Hall–Kier alpha value is -4.02. The van der Waals surface area contributed by atoms with Crippen molar-refractivity contribution in [1.29, 1.82) is 0 Å². The average molecular weight is 459 g/mol. The number of nitrogens with one attached hydrogen (secondary N) is 3. The van der Waals surface area contributed by atoms with Crippen LogP contribution in [0.1, 0.15) is 16.7 Å². The molecule has 0 fully saturated rings. The minimum atomic E-state index is -4.66. The van der Waals surface area contributed by atoms with Crippen LogP contribution in [-0.2, 0) is 23.9 Å². The molecule has 3 aromatic rings. The normalized spacial score (nSPS) is 12.7. The zero-order chi connectivity index (χ0) is 23.6. The van der Waals surface area contributed by atoms with Crippen LogP contribution in [0.5, 0.6) is 11.5 Å². The van der Waals surface area contributed by atoms with Gasteiger partial charge < -0.3 is 25.4 Å². The largest absolute Gasteiger partial charge is 0.496 e. The van der Waals surface area contributed by atoms with Crippen LogP contribution in [-0.4, -0.2) is 30.1 Å². The van der Waals surface area contributed by atoms with Gasteiger partial charge in [0.1, 0.15) is 22.9 Å². The van der Waals surface area contributed by atoms with Crippen LogP contribution in [0.2, 0.25) is 0 Å². The first-order valence-electron chi connectivity index (χ1n) is 9.86. The molecule has 4 rings (SSSR count). The van der Waals surface area contributed by atoms with Crippen molar-refractivity contribution in [2.24, 2.45) is 0 Å². The molecule has 2 heterocycles. The summed E-state index contributed by atoms with van der Waals surface area (Å²) in [7, 11) is 2.93. The summed E-state index contributed by atoms with van der Waals surface area (Å²) < 4.78 is 51.4. The molecule has 172 valence electrons. The van der Waals surface area contributed by atoms with Gasteiger partial charge in [-0.05, 0) is 35.9 Å². The molecule has 0 saturated heterocycles. The Balaban J connectivity index is 1.62. The average Bonchev–Trinajstić information content (AvgIpc) is 3.16. The Kier molecular flexibility index (Phi) is 5.95. The Bertz CT molecular complexity index is 1180. The molecule has 1 amide bonds. The Morgan fingerprint density at radius 2 is 1.85 bits per heavy atom. The Labute approximate surface area is 187 Å². The highest BCUT2D eigenvalue weighted by Crippen LogP contribution is 2.36. The minimum Gasteiger partial charge on any atom is -0.496 e. The molecule has 0 spiro atoms. The smallest absolute Gasteiger partial charge is 0.421 e. The number of hydrogen-bond acceptors (Lipinski definition) is 7. The number of methoxy groups -OCH3 is 2. The number of rotatable bonds is 7. The lowest BCUT2D eigenvalue weighted by atomic mass is 10.1. The molecule has 3 N–H and O–H groups in total. The van der Waals surface area contributed by atoms with E-state index >= 15 is 0 Å². The number of carbonyl (C=O) groups is 1. The maximum absolute atomic E-state index is 13.6. The van der Waals surface area contributed by atoms with Crippen molar-refractivity contribution in [2.75, 3.05) is 30.2 Å². The zero-order valence-corrected chi connectivity index (χ0v) is 17.7. The molecule has 0 aliphatic carbocycles. The highest BCUT2D eigenvalue weighted by Gasteiger charge is 2.35. The van der Waals surface area contributed by atoms with Gasteiger partial charge >= 0.3 is 6.18 Å². The zero-order valence-electron chi connectivity index (χ0n) is 17.7. The first kappa shape index (κ1) is 22.2. The highest BCUT2D eigenvalue weighted by atomic mass is 19.4. The van der Waals surface area contributed by atoms with Crippen molar-refractivity contribution >= 4 is 29.0 Å². The van der Waals surface area contributed by atoms with Crippen LogP contribution in [0, 0.1) is 0 Å². The van der Waals surface area contributed by atoms with Crippen molar-refractivity contribution in [1.82, 2.24) is 9.97 Å². The maximum atomic E-state index is 13.6. The molecular formula is C22H20F3N5O3. The Morgan fingerprint density at radius 3 is 2.52 bits per heavy atom. The van der Waals surface area contributed by atoms with Crippen LogP contribution in [0.3, 0.4) is 0 Å². The van der Waals surface area contributed by atoms with E-state index in [1.54, 1.807) is 36.4 Å². The summed E-state index contributed by atoms with van der Waals surface area (Å²) in [6, 6.07) is 10.2. The van der Waals surface area contributed by atoms with Crippen molar-refractivity contribution in [3.8, 4) is 11.5 Å². The van der Waals surface area contributed by atoms with E-state index < -0.39 is 17.6 Å². The molecule has 1 aromatic heterocycles. The van der Waals surface area contributed by atoms with Crippen molar-refractivity contribution in [3.05, 3.63) is 59.3 Å². The number of anilines is 4. The molecule has 0 bridgehead atoms. The summed E-state index contributed by atoms with van der Waals surface area (Å²) in [5.41, 5.74) is 1.55. The van der Waals surface area contributed by atoms with E-state index in [1.807, 2.05) is 0 Å². The number of ether oxygens (including phenoxy) is 2. The number of hydrogen-bond donors (Lipinski definition) is 3. The molecule has 0 unspecified atom stereocenters. The van der Waals surface area contributed by atoms with Crippen LogP contribution in [0.25, 0.3) is 0 Å². The van der Waals surface area contributed by atoms with E-state index in [2.05, 4.69) is 25.9 Å². The van der Waals surface area contributed by atoms with Crippen molar-refractivity contribution in [2.45, 2.75) is 19.1 Å². The van der Waals surface area contributed by atoms with Gasteiger partial charge in [-0.15, -0.1) is 0 Å². The van der Waals surface area contributed by atoms with Gasteiger partial charge in [-0.2, -0.15) is 18.2 Å². The third-order valence-corrected chi connectivity index (χ3v) is 5.04. The van der Waals surface area contributed by atoms with Crippen LogP contribution in [0.15, 0.2) is 42.6 Å². The fourth-order valence-corrected chi connectivity index (χ4v) is 3.49. The monoisotopic (exact) mass is 459 g/mol. The van der Waals surface area contributed by atoms with Crippen molar-refractivity contribution < 1.29 is 27.4 Å². The molecule has 33 heavy (non-hydrogen) atoms. The van der Waals surface area contributed by atoms with E-state index in [1.165, 1.54) is 14.2 Å². The number of amides is 1. The molecule has 1 aliphatic rings. The molecule has 1 aliphatic heterocycles. The first-order valence-corrected chi connectivity index (χ1v) is 9.86. The van der Waals surface area contributed by atoms with Crippen LogP contribution >= 0.6 is 0 Å². The summed E-state index contributed by atoms with van der Waals surface area (Å²) in [6.45, 7) is -0.0284. The Morgan fingerprint density at radius 1 is 1.12 bits per heavy atom. The third-order valence-electron chi connectivity index (χ3n) is 5.04. The maximum Gasteiger partial charge on any atom is 0.421 e. The summed E-state index contributed by atoms with van der Waals surface area (Å²) in [4.78, 5) is 19.4. The molecular weight excluding hydrogens is 439 g/mol. The number of halogens is 3. The second-order valence-corrected chi connectivity index (χ2v) is 7.17. The lowest BCUT2D eigenvalue weighted by molar-refractivity contribution is -0.137. The molecule has 8 nitrogen and oxygen atoms in total. The quantitative estimate of drug-likeness (QED) is 0.483. The van der Waals surface area contributed by atoms with E-state index in [0.717, 1.165) is 11.8 Å². The van der Waals surface area contributed by atoms with Gasteiger partial charge in [-0.3, -0.25) is 4.79 Å². The van der Waals surface area contributed by atoms with Gasteiger partial charge in [0, 0.05) is 24.1 Å². The molecule has 0 radical (unpaired) electrons. The molecule has 0 saturated carbocycles. The number of alkyl halides is 3. The predicted octanol–water partition coefficient (Wildman–Crippen LogP) is 4.36. The minimum absolute atomic E-state index is 0.0284. The van der Waals surface area contributed by atoms with Gasteiger partial charge in [0.2, 0.25) is 11.9 Å². The van der Waals surface area contributed by atoms with E-state index in [-0.39, 0.29) is 24.8 Å². The summed E-state index contributed by atoms with van der Waals surface area (Å²) >= 11 is 0. The lowest BCUT2D eigenvalue weighted by Gasteiger charge is -2.17. The standard InChI is InChI=1S/C22H20F3N5O3/c1-32-17-4-3-5-18(33-2)14(17)10-26-20-15(22(23,24)25)11-27-21(30-20)28-13-6-7-16-12(8-13)9-19(31)29-16/h3-8,11H,9-10H2,1-2H3,(H,29,31)(H2,26,27,28,30). The highest BCUT2D eigenvalue weighted by molar-refractivity contribution is 5.99. The number of benzene rings is 2. The molecule has 0 atom stereocenters. The number of aromatic nitrogens is 2. The summed E-state index contributed by atoms with van der Waals surface area (Å²) in [5.74, 6) is 0.375. The van der Waals surface area contributed by atoms with Crippen LogP contribution in [0.4, 0.5) is 36.3 Å². The van der Waals surface area contributed by atoms with E-state index in [9.17, 15) is 18.0 Å². The van der Waals surface area contributed by atoms with Gasteiger partial charge in [0.05, 0.1) is 26.2 Å². The lowest BCUT2D eigenvalue weighted by Crippen LogP contribution is -2.15. The fraction of sp³-hybridized carbons (Fsp3) is 0.227. The van der Waals surface area contributed by atoms with Gasteiger partial charge in [-0.1, -0.05) is 6.07 Å². The van der Waals surface area contributed by atoms with E-state index in [0.29, 0.717) is 28.4 Å². The summed E-state index contributed by atoms with van der Waals surface area (Å²) in [5, 5.41) is 8.35. The molecule has 11 heteroatoms. The topological polar surface area (TPSA) is 97.4 Å². The SMILES string of the molecule is COc1cccc(OC)c1CNc1nc(Nc2ccc3c(c2)CC(=O)N3)ncc1C(F)(F)F. The van der Waals surface area contributed by atoms with E-state index in [4.69, 9.17) is 9.47 Å². The number of nitrogens with zero attached hydrogens (tertiary/aromatic N) is 2. The number of carbonyl (C=O) groups excluding carboxylic acids is 1. The second-order valence-electron chi connectivity index (χ2n) is 7.17. The first-order chi connectivity index (χ1) is 15.8. The fourth-order valence-electron chi connectivity index (χ4n) is 3.49. The van der Waals surface area contributed by atoms with Gasteiger partial charge in [-0.25, -0.2) is 4.98 Å². The van der Waals surface area contributed by atoms with Gasteiger partial charge in [0.15, 0.2) is 0 Å². The predicted molar refractivity (Wildman–Crippen MR) is 116 cm³/mol. The van der Waals surface area contributed by atoms with Crippen LogP contribution < -0.4 is 25.4 Å². The van der Waals surface area contributed by atoms with Crippen molar-refractivity contribution in [3.63, 3.8) is 0 Å². The summed E-state index contributed by atoms with van der Waals surface area (Å²) in [6.07, 6.45) is -3.72. The third kappa shape index (κ3) is 4.76. The van der Waals surface area contributed by atoms with Gasteiger partial charge in [0.25, 0.3) is 0 Å².